The van der Waals surface area contributed by atoms with E-state index in [-0.39, 0.29) is 0 Å². The average Bonchev–Trinajstić information content (AvgIpc) is 3.12. The highest BCUT2D eigenvalue weighted by Gasteiger charge is 2.16. The number of para-hydroxylation sites is 2. The first-order valence-corrected chi connectivity index (χ1v) is 7.61. The number of oxazole rings is 1. The van der Waals surface area contributed by atoms with Crippen LogP contribution in [0.2, 0.25) is 0 Å². The van der Waals surface area contributed by atoms with Crippen molar-refractivity contribution in [2.24, 2.45) is 0 Å². The molecule has 4 nitrogen and oxygen atoms in total. The van der Waals surface area contributed by atoms with Crippen molar-refractivity contribution in [1.29, 1.82) is 0 Å². The van der Waals surface area contributed by atoms with Crippen LogP contribution in [0, 0.1) is 20.8 Å². The van der Waals surface area contributed by atoms with Gasteiger partial charge in [0.1, 0.15) is 11.3 Å². The molecule has 2 aromatic carbocycles. The molecular formula is C19H17N3O. The largest absolute Gasteiger partial charge is 0.440 e. The van der Waals surface area contributed by atoms with E-state index in [2.05, 4.69) is 46.6 Å². The minimum absolute atomic E-state index is 0.664. The summed E-state index contributed by atoms with van der Waals surface area (Å²) < 4.78 is 7.93. The molecule has 114 valence electrons. The molecule has 0 aliphatic rings. The van der Waals surface area contributed by atoms with Gasteiger partial charge in [-0.25, -0.2) is 9.97 Å². The van der Waals surface area contributed by atoms with Gasteiger partial charge in [-0.15, -0.1) is 0 Å². The zero-order valence-electron chi connectivity index (χ0n) is 13.4. The number of nitrogens with zero attached hydrogens (tertiary/aromatic N) is 3. The molecule has 4 heteroatoms. The van der Waals surface area contributed by atoms with Gasteiger partial charge in [-0.1, -0.05) is 24.3 Å². The van der Waals surface area contributed by atoms with Crippen molar-refractivity contribution < 1.29 is 4.42 Å². The van der Waals surface area contributed by atoms with E-state index in [1.807, 2.05) is 37.5 Å². The normalized spacial score (nSPS) is 11.3. The van der Waals surface area contributed by atoms with Crippen molar-refractivity contribution in [2.45, 2.75) is 20.8 Å². The quantitative estimate of drug-likeness (QED) is 0.543. The zero-order valence-corrected chi connectivity index (χ0v) is 13.4. The van der Waals surface area contributed by atoms with Crippen molar-refractivity contribution in [3.8, 4) is 17.1 Å². The topological polar surface area (TPSA) is 43.9 Å². The zero-order chi connectivity index (χ0) is 16.0. The Morgan fingerprint density at radius 2 is 1.70 bits per heavy atom. The second kappa shape index (κ2) is 5.09. The van der Waals surface area contributed by atoms with Crippen LogP contribution in [0.25, 0.3) is 28.2 Å². The van der Waals surface area contributed by atoms with Crippen molar-refractivity contribution >= 4 is 11.1 Å². The summed E-state index contributed by atoms with van der Waals surface area (Å²) in [6, 6.07) is 12.3. The van der Waals surface area contributed by atoms with E-state index in [9.17, 15) is 0 Å². The Morgan fingerprint density at radius 1 is 0.957 bits per heavy atom. The van der Waals surface area contributed by atoms with Crippen LogP contribution in [0.5, 0.6) is 0 Å². The first kappa shape index (κ1) is 13.8. The van der Waals surface area contributed by atoms with E-state index in [0.717, 1.165) is 28.2 Å². The molecule has 0 fully saturated rings. The summed E-state index contributed by atoms with van der Waals surface area (Å²) in [5, 5.41) is 0. The van der Waals surface area contributed by atoms with Crippen LogP contribution in [0.1, 0.15) is 17.0 Å². The Balaban J connectivity index is 2.00. The average molecular weight is 303 g/mol. The summed E-state index contributed by atoms with van der Waals surface area (Å²) in [4.78, 5) is 9.00. The molecule has 0 spiro atoms. The molecule has 0 saturated heterocycles. The van der Waals surface area contributed by atoms with Crippen LogP contribution in [0.15, 0.2) is 53.2 Å². The lowest BCUT2D eigenvalue weighted by Gasteiger charge is -2.13. The SMILES string of the molecule is Cc1nc2cccc(-c3nccn3-c3c(C)cccc3C)c2o1. The first-order valence-electron chi connectivity index (χ1n) is 7.61. The Bertz CT molecular complexity index is 990. The molecule has 2 aromatic heterocycles. The van der Waals surface area contributed by atoms with Gasteiger partial charge in [0.2, 0.25) is 0 Å². The Hall–Kier alpha value is -2.88. The third-order valence-electron chi connectivity index (χ3n) is 4.08. The summed E-state index contributed by atoms with van der Waals surface area (Å²) in [6.45, 7) is 6.10. The molecule has 0 radical (unpaired) electrons. The van der Waals surface area contributed by atoms with Crippen LogP contribution < -0.4 is 0 Å². The van der Waals surface area contributed by atoms with Gasteiger partial charge in [0, 0.05) is 19.3 Å². The fraction of sp³-hybridized carbons (Fsp3) is 0.158. The van der Waals surface area contributed by atoms with Crippen LogP contribution >= 0.6 is 0 Å². The number of hydrogen-bond donors (Lipinski definition) is 0. The van der Waals surface area contributed by atoms with Crippen LogP contribution in [0.4, 0.5) is 0 Å². The van der Waals surface area contributed by atoms with Gasteiger partial charge in [-0.05, 0) is 37.1 Å². The molecule has 0 N–H and O–H groups in total. The fourth-order valence-electron chi connectivity index (χ4n) is 3.11. The lowest BCUT2D eigenvalue weighted by molar-refractivity contribution is 0.561. The first-order chi connectivity index (χ1) is 11.1. The number of aromatic nitrogens is 3. The molecule has 23 heavy (non-hydrogen) atoms. The summed E-state index contributed by atoms with van der Waals surface area (Å²) in [5.41, 5.74) is 6.18. The van der Waals surface area contributed by atoms with Crippen molar-refractivity contribution in [3.63, 3.8) is 0 Å². The van der Waals surface area contributed by atoms with Crippen molar-refractivity contribution in [1.82, 2.24) is 14.5 Å². The van der Waals surface area contributed by atoms with Crippen LogP contribution in [0.3, 0.4) is 0 Å². The highest BCUT2D eigenvalue weighted by Crippen LogP contribution is 2.31. The smallest absolute Gasteiger partial charge is 0.192 e. The summed E-state index contributed by atoms with van der Waals surface area (Å²) in [6.07, 6.45) is 3.82. The van der Waals surface area contributed by atoms with E-state index in [0.29, 0.717) is 5.89 Å². The van der Waals surface area contributed by atoms with Gasteiger partial charge in [0.05, 0.1) is 11.3 Å². The predicted molar refractivity (Wildman–Crippen MR) is 90.8 cm³/mol. The van der Waals surface area contributed by atoms with E-state index in [1.54, 1.807) is 0 Å². The van der Waals surface area contributed by atoms with E-state index < -0.39 is 0 Å². The lowest BCUT2D eigenvalue weighted by Crippen LogP contribution is -2.01. The number of fused-ring (bicyclic) bond motifs is 1. The van der Waals surface area contributed by atoms with Crippen LogP contribution in [-0.4, -0.2) is 14.5 Å². The maximum Gasteiger partial charge on any atom is 0.192 e. The summed E-state index contributed by atoms with van der Waals surface area (Å²) >= 11 is 0. The molecule has 0 unspecified atom stereocenters. The number of imidazole rings is 1. The second-order valence-electron chi connectivity index (χ2n) is 5.75. The van der Waals surface area contributed by atoms with Gasteiger partial charge in [0.25, 0.3) is 0 Å². The highest BCUT2D eigenvalue weighted by atomic mass is 16.3. The van der Waals surface area contributed by atoms with Crippen molar-refractivity contribution in [2.75, 3.05) is 0 Å². The number of benzene rings is 2. The summed E-state index contributed by atoms with van der Waals surface area (Å²) in [5.74, 6) is 1.53. The Morgan fingerprint density at radius 3 is 2.48 bits per heavy atom. The summed E-state index contributed by atoms with van der Waals surface area (Å²) in [7, 11) is 0. The van der Waals surface area contributed by atoms with E-state index in [1.165, 1.54) is 11.1 Å². The van der Waals surface area contributed by atoms with Gasteiger partial charge >= 0.3 is 0 Å². The lowest BCUT2D eigenvalue weighted by atomic mass is 10.1. The standard InChI is InChI=1S/C19H17N3O/c1-12-6-4-7-13(2)17(12)22-11-10-20-19(22)15-8-5-9-16-18(15)23-14(3)21-16/h4-11H,1-3H3. The minimum Gasteiger partial charge on any atom is -0.440 e. The third kappa shape index (κ3) is 2.14. The third-order valence-corrected chi connectivity index (χ3v) is 4.08. The molecule has 0 bridgehead atoms. The van der Waals surface area contributed by atoms with Gasteiger partial charge in [-0.2, -0.15) is 0 Å². The number of rotatable bonds is 2. The molecule has 4 rings (SSSR count). The van der Waals surface area contributed by atoms with Gasteiger partial charge < -0.3 is 4.42 Å². The molecule has 4 aromatic rings. The molecule has 2 heterocycles. The predicted octanol–water partition coefficient (Wildman–Crippen LogP) is 4.61. The molecule has 0 atom stereocenters. The fourth-order valence-corrected chi connectivity index (χ4v) is 3.11. The molecule has 0 saturated carbocycles. The highest BCUT2D eigenvalue weighted by molar-refractivity contribution is 5.88. The molecule has 0 aliphatic heterocycles. The Labute approximate surface area is 134 Å². The minimum atomic E-state index is 0.664. The number of aryl methyl sites for hydroxylation is 3. The van der Waals surface area contributed by atoms with Crippen LogP contribution in [-0.2, 0) is 0 Å². The second-order valence-corrected chi connectivity index (χ2v) is 5.75. The monoisotopic (exact) mass is 303 g/mol. The van der Waals surface area contributed by atoms with Gasteiger partial charge in [0.15, 0.2) is 11.5 Å². The molecular weight excluding hydrogens is 286 g/mol. The molecule has 0 aliphatic carbocycles. The molecule has 0 amide bonds. The van der Waals surface area contributed by atoms with E-state index in [4.69, 9.17) is 4.42 Å². The number of hydrogen-bond acceptors (Lipinski definition) is 3. The van der Waals surface area contributed by atoms with Crippen molar-refractivity contribution in [3.05, 3.63) is 65.8 Å². The van der Waals surface area contributed by atoms with Gasteiger partial charge in [-0.3, -0.25) is 4.57 Å². The maximum absolute atomic E-state index is 5.81. The Kier molecular flexibility index (Phi) is 3.05. The van der Waals surface area contributed by atoms with E-state index >= 15 is 0 Å². The maximum atomic E-state index is 5.81.